The Kier molecular flexibility index (Phi) is 5.55. The fraction of sp³-hybridized carbons (Fsp3) is 0.833. The Morgan fingerprint density at radius 3 is 2.61 bits per heavy atom. The normalized spacial score (nSPS) is 24.1. The van der Waals surface area contributed by atoms with Crippen LogP contribution < -0.4 is 17.0 Å². The summed E-state index contributed by atoms with van der Waals surface area (Å²) < 4.78 is 0. The van der Waals surface area contributed by atoms with E-state index in [0.717, 1.165) is 45.3 Å². The molecule has 18 heavy (non-hydrogen) atoms. The van der Waals surface area contributed by atoms with E-state index in [1.807, 2.05) is 6.92 Å². The van der Waals surface area contributed by atoms with Gasteiger partial charge in [0.05, 0.1) is 5.41 Å². The lowest BCUT2D eigenvalue weighted by Gasteiger charge is -2.20. The minimum Gasteiger partial charge on any atom is -0.369 e. The van der Waals surface area contributed by atoms with E-state index in [1.165, 1.54) is 0 Å². The average molecular weight is 256 g/mol. The molecule has 0 aromatic carbocycles. The van der Waals surface area contributed by atoms with Gasteiger partial charge in [0.1, 0.15) is 0 Å². The van der Waals surface area contributed by atoms with E-state index in [-0.39, 0.29) is 17.2 Å². The molecule has 0 aromatic heterocycles. The number of nitrogens with one attached hydrogen (secondary N) is 1. The summed E-state index contributed by atoms with van der Waals surface area (Å²) in [5.41, 5.74) is 7.16. The summed E-state index contributed by atoms with van der Waals surface area (Å²) in [4.78, 5) is 24.5. The van der Waals surface area contributed by atoms with Crippen molar-refractivity contribution in [3.8, 4) is 0 Å². The number of nitrogens with zero attached hydrogens (tertiary/aromatic N) is 1. The van der Waals surface area contributed by atoms with E-state index in [4.69, 9.17) is 11.6 Å². The zero-order valence-electron chi connectivity index (χ0n) is 11.1. The predicted molar refractivity (Wildman–Crippen MR) is 69.2 cm³/mol. The van der Waals surface area contributed by atoms with E-state index in [2.05, 4.69) is 10.3 Å². The minimum atomic E-state index is -0.362. The van der Waals surface area contributed by atoms with E-state index >= 15 is 0 Å². The van der Waals surface area contributed by atoms with Gasteiger partial charge in [-0.05, 0) is 39.3 Å². The first kappa shape index (κ1) is 14.9. The molecule has 1 atom stereocenters. The number of hydrazine groups is 1. The fourth-order valence-electron chi connectivity index (χ4n) is 2.32. The van der Waals surface area contributed by atoms with Crippen LogP contribution in [-0.4, -0.2) is 36.3 Å². The van der Waals surface area contributed by atoms with Gasteiger partial charge in [0.25, 0.3) is 0 Å². The summed E-state index contributed by atoms with van der Waals surface area (Å²) in [7, 11) is 0. The molecule has 0 bridgehead atoms. The van der Waals surface area contributed by atoms with Crippen molar-refractivity contribution in [3.05, 3.63) is 0 Å². The lowest BCUT2D eigenvalue weighted by atomic mass is 9.89. The molecule has 1 fully saturated rings. The van der Waals surface area contributed by atoms with Gasteiger partial charge in [-0.25, -0.2) is 5.84 Å². The maximum Gasteiger partial charge on any atom is 0.233 e. The second-order valence-electron chi connectivity index (χ2n) is 5.33. The van der Waals surface area contributed by atoms with Crippen molar-refractivity contribution < 1.29 is 9.59 Å². The number of unbranched alkanes of at least 4 members (excludes halogenated alkanes) is 2. The highest BCUT2D eigenvalue weighted by molar-refractivity contribution is 5.81. The van der Waals surface area contributed by atoms with Crippen molar-refractivity contribution in [2.75, 3.05) is 19.6 Å². The van der Waals surface area contributed by atoms with Crippen molar-refractivity contribution in [3.63, 3.8) is 0 Å². The Balaban J connectivity index is 2.11. The van der Waals surface area contributed by atoms with E-state index in [9.17, 15) is 9.59 Å². The lowest BCUT2D eigenvalue weighted by Crippen LogP contribution is -2.37. The number of carbonyl (C=O) groups is 2. The van der Waals surface area contributed by atoms with Crippen LogP contribution in [0.5, 0.6) is 0 Å². The molecule has 5 N–H and O–H groups in total. The van der Waals surface area contributed by atoms with Gasteiger partial charge in [0, 0.05) is 13.0 Å². The highest BCUT2D eigenvalue weighted by Gasteiger charge is 2.38. The number of carbonyl (C=O) groups excluding carboxylic acids is 2. The quantitative estimate of drug-likeness (QED) is 0.253. The molecule has 2 amide bonds. The molecule has 1 aliphatic heterocycles. The molecule has 1 saturated heterocycles. The number of primary amides is 1. The summed E-state index contributed by atoms with van der Waals surface area (Å²) in [6.45, 7) is 4.59. The van der Waals surface area contributed by atoms with Crippen molar-refractivity contribution in [1.29, 1.82) is 0 Å². The third-order valence-corrected chi connectivity index (χ3v) is 3.69. The molecule has 0 radical (unpaired) electrons. The third-order valence-electron chi connectivity index (χ3n) is 3.69. The number of hydrogen-bond acceptors (Lipinski definition) is 4. The Labute approximate surface area is 108 Å². The smallest absolute Gasteiger partial charge is 0.233 e. The summed E-state index contributed by atoms with van der Waals surface area (Å²) >= 11 is 0. The summed E-state index contributed by atoms with van der Waals surface area (Å²) in [5.74, 6) is 4.68. The largest absolute Gasteiger partial charge is 0.369 e. The summed E-state index contributed by atoms with van der Waals surface area (Å²) in [6, 6.07) is 0. The molecule has 0 aromatic rings. The van der Waals surface area contributed by atoms with Gasteiger partial charge in [-0.3, -0.25) is 15.0 Å². The molecule has 0 saturated carbocycles. The van der Waals surface area contributed by atoms with Crippen LogP contribution in [0.2, 0.25) is 0 Å². The van der Waals surface area contributed by atoms with Crippen LogP contribution in [-0.2, 0) is 9.59 Å². The molecule has 6 nitrogen and oxygen atoms in total. The highest BCUT2D eigenvalue weighted by atomic mass is 16.2. The number of nitrogens with two attached hydrogens (primary N) is 2. The van der Waals surface area contributed by atoms with Gasteiger partial charge in [-0.1, -0.05) is 6.42 Å². The zero-order chi connectivity index (χ0) is 13.6. The van der Waals surface area contributed by atoms with Crippen molar-refractivity contribution in [1.82, 2.24) is 10.3 Å². The topological polar surface area (TPSA) is 101 Å². The van der Waals surface area contributed by atoms with Gasteiger partial charge in [-0.2, -0.15) is 0 Å². The molecule has 0 spiro atoms. The molecule has 6 heteroatoms. The molecule has 0 aliphatic carbocycles. The summed E-state index contributed by atoms with van der Waals surface area (Å²) in [5, 5.41) is 0. The Morgan fingerprint density at radius 1 is 1.33 bits per heavy atom. The van der Waals surface area contributed by atoms with Crippen molar-refractivity contribution in [2.45, 2.75) is 39.0 Å². The summed E-state index contributed by atoms with van der Waals surface area (Å²) in [6.07, 6.45) is 4.21. The Bertz CT molecular complexity index is 308. The first-order valence-electron chi connectivity index (χ1n) is 6.49. The maximum atomic E-state index is 11.3. The van der Waals surface area contributed by atoms with Crippen LogP contribution in [0.4, 0.5) is 0 Å². The van der Waals surface area contributed by atoms with Crippen molar-refractivity contribution >= 4 is 11.8 Å². The maximum absolute atomic E-state index is 11.3. The molecule has 1 rings (SSSR count). The molecule has 1 aliphatic rings. The minimum absolute atomic E-state index is 0.113. The van der Waals surface area contributed by atoms with Crippen LogP contribution in [0.3, 0.4) is 0 Å². The molecular weight excluding hydrogens is 232 g/mol. The van der Waals surface area contributed by atoms with Crippen LogP contribution in [0.15, 0.2) is 0 Å². The van der Waals surface area contributed by atoms with E-state index < -0.39 is 0 Å². The SMILES string of the molecule is CC1(C(N)=O)CCN(CCCCCC(=O)NN)C1. The molecule has 104 valence electrons. The lowest BCUT2D eigenvalue weighted by molar-refractivity contribution is -0.126. The Morgan fingerprint density at radius 2 is 2.06 bits per heavy atom. The highest BCUT2D eigenvalue weighted by Crippen LogP contribution is 2.29. The number of likely N-dealkylation sites (tertiary alicyclic amines) is 1. The third kappa shape index (κ3) is 4.27. The van der Waals surface area contributed by atoms with Gasteiger partial charge in [-0.15, -0.1) is 0 Å². The van der Waals surface area contributed by atoms with E-state index in [1.54, 1.807) is 0 Å². The standard InChI is InChI=1S/C12H24N4O2/c1-12(11(13)18)6-8-16(9-12)7-4-2-3-5-10(17)15-14/h2-9,14H2,1H3,(H2,13,18)(H,15,17). The van der Waals surface area contributed by atoms with Crippen LogP contribution in [0.1, 0.15) is 39.0 Å². The van der Waals surface area contributed by atoms with E-state index in [0.29, 0.717) is 6.42 Å². The van der Waals surface area contributed by atoms with Gasteiger partial charge >= 0.3 is 0 Å². The molecule has 1 heterocycles. The van der Waals surface area contributed by atoms with Gasteiger partial charge in [0.2, 0.25) is 11.8 Å². The van der Waals surface area contributed by atoms with Gasteiger partial charge in [0.15, 0.2) is 0 Å². The average Bonchev–Trinajstić information content (AvgIpc) is 2.72. The first-order valence-corrected chi connectivity index (χ1v) is 6.49. The second kappa shape index (κ2) is 6.70. The number of hydrogen-bond donors (Lipinski definition) is 3. The number of rotatable bonds is 7. The predicted octanol–water partition coefficient (Wildman–Crippen LogP) is -0.266. The van der Waals surface area contributed by atoms with Crippen LogP contribution >= 0.6 is 0 Å². The Hall–Kier alpha value is -1.14. The first-order chi connectivity index (χ1) is 8.48. The second-order valence-corrected chi connectivity index (χ2v) is 5.33. The molecule has 1 unspecified atom stereocenters. The van der Waals surface area contributed by atoms with Crippen molar-refractivity contribution in [2.24, 2.45) is 17.0 Å². The van der Waals surface area contributed by atoms with Crippen LogP contribution in [0.25, 0.3) is 0 Å². The van der Waals surface area contributed by atoms with Crippen LogP contribution in [0, 0.1) is 5.41 Å². The molecular formula is C12H24N4O2. The zero-order valence-corrected chi connectivity index (χ0v) is 11.1. The monoisotopic (exact) mass is 256 g/mol. The number of amides is 2. The van der Waals surface area contributed by atoms with Gasteiger partial charge < -0.3 is 10.6 Å². The fourth-order valence-corrected chi connectivity index (χ4v) is 2.32.